The van der Waals surface area contributed by atoms with Gasteiger partial charge in [-0.2, -0.15) is 0 Å². The van der Waals surface area contributed by atoms with Gasteiger partial charge in [0.25, 0.3) is 0 Å². The van der Waals surface area contributed by atoms with E-state index in [1.165, 1.54) is 12.1 Å². The summed E-state index contributed by atoms with van der Waals surface area (Å²) in [6.07, 6.45) is 0. The lowest BCUT2D eigenvalue weighted by Crippen LogP contribution is -2.28. The summed E-state index contributed by atoms with van der Waals surface area (Å²) in [5, 5.41) is 0. The highest BCUT2D eigenvalue weighted by molar-refractivity contribution is 5.28. The standard InChI is InChI=1S/C14H14F2N2/c15-11-7-3-1-5-9(11)13(17)14(18)10-6-2-4-8-12(10)16/h1-8,13-14H,17-18H2/t13-,14-/m1/s1. The lowest BCUT2D eigenvalue weighted by Gasteiger charge is -2.21. The van der Waals surface area contributed by atoms with Gasteiger partial charge in [0.05, 0.1) is 12.1 Å². The number of halogens is 2. The summed E-state index contributed by atoms with van der Waals surface area (Å²) in [6.45, 7) is 0. The number of benzene rings is 2. The highest BCUT2D eigenvalue weighted by Crippen LogP contribution is 2.27. The molecule has 94 valence electrons. The van der Waals surface area contributed by atoms with E-state index in [-0.39, 0.29) is 11.1 Å². The van der Waals surface area contributed by atoms with E-state index in [4.69, 9.17) is 11.5 Å². The zero-order valence-electron chi connectivity index (χ0n) is 9.68. The van der Waals surface area contributed by atoms with Crippen LogP contribution in [0.4, 0.5) is 8.78 Å². The Bertz CT molecular complexity index is 493. The van der Waals surface area contributed by atoms with E-state index in [2.05, 4.69) is 0 Å². The first-order chi connectivity index (χ1) is 8.61. The molecule has 2 atom stereocenters. The van der Waals surface area contributed by atoms with Gasteiger partial charge >= 0.3 is 0 Å². The predicted octanol–water partition coefficient (Wildman–Crippen LogP) is 2.66. The lowest BCUT2D eigenvalue weighted by atomic mass is 9.94. The van der Waals surface area contributed by atoms with Gasteiger partial charge in [0.15, 0.2) is 0 Å². The van der Waals surface area contributed by atoms with Gasteiger partial charge in [-0.15, -0.1) is 0 Å². The van der Waals surface area contributed by atoms with Gasteiger partial charge in [0.1, 0.15) is 11.6 Å². The summed E-state index contributed by atoms with van der Waals surface area (Å²) in [6, 6.07) is 10.6. The molecule has 0 spiro atoms. The molecule has 2 aromatic rings. The molecular weight excluding hydrogens is 234 g/mol. The van der Waals surface area contributed by atoms with E-state index >= 15 is 0 Å². The minimum absolute atomic E-state index is 0.285. The molecular formula is C14H14F2N2. The second-order valence-corrected chi connectivity index (χ2v) is 4.09. The van der Waals surface area contributed by atoms with E-state index < -0.39 is 23.7 Å². The third-order valence-corrected chi connectivity index (χ3v) is 2.92. The van der Waals surface area contributed by atoms with Crippen molar-refractivity contribution in [3.63, 3.8) is 0 Å². The summed E-state index contributed by atoms with van der Waals surface area (Å²) in [4.78, 5) is 0. The summed E-state index contributed by atoms with van der Waals surface area (Å²) in [5.41, 5.74) is 12.4. The Balaban J connectivity index is 2.33. The van der Waals surface area contributed by atoms with Gasteiger partial charge in [0, 0.05) is 11.1 Å². The van der Waals surface area contributed by atoms with Crippen LogP contribution >= 0.6 is 0 Å². The molecule has 0 aliphatic heterocycles. The predicted molar refractivity (Wildman–Crippen MR) is 66.7 cm³/mol. The summed E-state index contributed by atoms with van der Waals surface area (Å²) >= 11 is 0. The van der Waals surface area contributed by atoms with Gasteiger partial charge < -0.3 is 11.5 Å². The maximum Gasteiger partial charge on any atom is 0.128 e. The molecule has 0 radical (unpaired) electrons. The molecule has 18 heavy (non-hydrogen) atoms. The van der Waals surface area contributed by atoms with Crippen LogP contribution < -0.4 is 11.5 Å². The van der Waals surface area contributed by atoms with E-state index in [0.717, 1.165) is 0 Å². The van der Waals surface area contributed by atoms with Gasteiger partial charge in [0.2, 0.25) is 0 Å². The molecule has 2 aromatic carbocycles. The van der Waals surface area contributed by atoms with Crippen LogP contribution in [0.3, 0.4) is 0 Å². The molecule has 0 fully saturated rings. The molecule has 0 saturated heterocycles. The molecule has 0 aromatic heterocycles. The van der Waals surface area contributed by atoms with Crippen LogP contribution in [-0.2, 0) is 0 Å². The Morgan fingerprint density at radius 3 is 1.33 bits per heavy atom. The molecule has 0 unspecified atom stereocenters. The topological polar surface area (TPSA) is 52.0 Å². The van der Waals surface area contributed by atoms with Crippen molar-refractivity contribution in [2.24, 2.45) is 11.5 Å². The van der Waals surface area contributed by atoms with Crippen LogP contribution in [0.25, 0.3) is 0 Å². The maximum atomic E-state index is 13.6. The Kier molecular flexibility index (Phi) is 3.69. The van der Waals surface area contributed by atoms with E-state index in [9.17, 15) is 8.78 Å². The molecule has 0 aliphatic rings. The Labute approximate surface area is 104 Å². The van der Waals surface area contributed by atoms with Crippen molar-refractivity contribution in [2.75, 3.05) is 0 Å². The van der Waals surface area contributed by atoms with Crippen LogP contribution in [0.15, 0.2) is 48.5 Å². The SMILES string of the molecule is N[C@H](c1ccccc1F)[C@H](N)c1ccccc1F. The Morgan fingerprint density at radius 2 is 1.00 bits per heavy atom. The third-order valence-electron chi connectivity index (χ3n) is 2.92. The van der Waals surface area contributed by atoms with Gasteiger partial charge in [-0.3, -0.25) is 0 Å². The monoisotopic (exact) mass is 248 g/mol. The molecule has 0 heterocycles. The van der Waals surface area contributed by atoms with E-state index in [0.29, 0.717) is 0 Å². The molecule has 0 aliphatic carbocycles. The zero-order valence-corrected chi connectivity index (χ0v) is 9.68. The summed E-state index contributed by atoms with van der Waals surface area (Å²) < 4.78 is 27.2. The second-order valence-electron chi connectivity index (χ2n) is 4.09. The Hall–Kier alpha value is -1.78. The number of nitrogens with two attached hydrogens (primary N) is 2. The fourth-order valence-electron chi connectivity index (χ4n) is 1.88. The smallest absolute Gasteiger partial charge is 0.128 e. The van der Waals surface area contributed by atoms with E-state index in [1.807, 2.05) is 0 Å². The zero-order chi connectivity index (χ0) is 13.1. The van der Waals surface area contributed by atoms with Crippen LogP contribution in [0.5, 0.6) is 0 Å². The van der Waals surface area contributed by atoms with Crippen molar-refractivity contribution in [2.45, 2.75) is 12.1 Å². The largest absolute Gasteiger partial charge is 0.322 e. The van der Waals surface area contributed by atoms with Crippen molar-refractivity contribution < 1.29 is 8.78 Å². The van der Waals surface area contributed by atoms with Gasteiger partial charge in [-0.25, -0.2) is 8.78 Å². The first-order valence-electron chi connectivity index (χ1n) is 5.61. The van der Waals surface area contributed by atoms with Crippen LogP contribution in [0.2, 0.25) is 0 Å². The summed E-state index contributed by atoms with van der Waals surface area (Å²) in [7, 11) is 0. The normalized spacial score (nSPS) is 14.2. The van der Waals surface area contributed by atoms with Gasteiger partial charge in [-0.1, -0.05) is 36.4 Å². The van der Waals surface area contributed by atoms with E-state index in [1.54, 1.807) is 36.4 Å². The maximum absolute atomic E-state index is 13.6. The molecule has 4 heteroatoms. The molecule has 0 amide bonds. The first kappa shape index (κ1) is 12.7. The fraction of sp³-hybridized carbons (Fsp3) is 0.143. The number of hydrogen-bond donors (Lipinski definition) is 2. The van der Waals surface area contributed by atoms with Crippen molar-refractivity contribution in [1.29, 1.82) is 0 Å². The van der Waals surface area contributed by atoms with Crippen LogP contribution in [-0.4, -0.2) is 0 Å². The number of rotatable bonds is 3. The minimum Gasteiger partial charge on any atom is -0.322 e. The average molecular weight is 248 g/mol. The highest BCUT2D eigenvalue weighted by atomic mass is 19.1. The molecule has 0 saturated carbocycles. The second kappa shape index (κ2) is 5.25. The minimum atomic E-state index is -0.789. The van der Waals surface area contributed by atoms with Crippen LogP contribution in [0, 0.1) is 11.6 Å². The lowest BCUT2D eigenvalue weighted by molar-refractivity contribution is 0.502. The van der Waals surface area contributed by atoms with Crippen molar-refractivity contribution in [1.82, 2.24) is 0 Å². The first-order valence-corrected chi connectivity index (χ1v) is 5.61. The number of hydrogen-bond acceptors (Lipinski definition) is 2. The molecule has 0 bridgehead atoms. The highest BCUT2D eigenvalue weighted by Gasteiger charge is 2.22. The Morgan fingerprint density at radius 1 is 0.667 bits per heavy atom. The average Bonchev–Trinajstić information content (AvgIpc) is 2.38. The van der Waals surface area contributed by atoms with Crippen molar-refractivity contribution in [3.05, 3.63) is 71.3 Å². The van der Waals surface area contributed by atoms with Crippen LogP contribution in [0.1, 0.15) is 23.2 Å². The quantitative estimate of drug-likeness (QED) is 0.877. The summed E-state index contributed by atoms with van der Waals surface area (Å²) in [5.74, 6) is -0.867. The van der Waals surface area contributed by atoms with Gasteiger partial charge in [-0.05, 0) is 12.1 Å². The van der Waals surface area contributed by atoms with Crippen molar-refractivity contribution in [3.8, 4) is 0 Å². The van der Waals surface area contributed by atoms with Crippen molar-refractivity contribution >= 4 is 0 Å². The fourth-order valence-corrected chi connectivity index (χ4v) is 1.88. The molecule has 2 nitrogen and oxygen atoms in total. The molecule has 2 rings (SSSR count). The third kappa shape index (κ3) is 2.39. The molecule has 4 N–H and O–H groups in total.